The van der Waals surface area contributed by atoms with E-state index in [9.17, 15) is 24.3 Å². The van der Waals surface area contributed by atoms with Crippen molar-refractivity contribution in [2.75, 3.05) is 81.1 Å². The van der Waals surface area contributed by atoms with Gasteiger partial charge in [-0.3, -0.25) is 29.4 Å². The topological polar surface area (TPSA) is 155 Å². The summed E-state index contributed by atoms with van der Waals surface area (Å²) in [6, 6.07) is 11.8. The molecule has 3 N–H and O–H groups in total. The normalized spacial score (nSPS) is 24.6. The number of aromatic nitrogens is 2. The smallest absolute Gasteiger partial charge is 0.255 e. The van der Waals surface area contributed by atoms with E-state index in [2.05, 4.69) is 42.5 Å². The molecule has 0 radical (unpaired) electrons. The highest BCUT2D eigenvalue weighted by Crippen LogP contribution is 2.37. The SMILES string of the molecule is CC1CC(CN2CCN3c4cc(-c5ccccc5O)nnc4NCC3C2)CCN1CC1CCN(c2cc(C(=O)N(C)C3CCC(=O)NC3=O)c(C=O)cc2F)CC1. The maximum absolute atomic E-state index is 15.4. The van der Waals surface area contributed by atoms with Gasteiger partial charge in [0.05, 0.1) is 28.7 Å². The number of piperazine rings is 1. The number of halogens is 1. The molecule has 4 saturated heterocycles. The maximum atomic E-state index is 15.4. The predicted octanol–water partition coefficient (Wildman–Crippen LogP) is 3.61. The van der Waals surface area contributed by atoms with Crippen molar-refractivity contribution in [3.05, 3.63) is 59.4 Å². The molecule has 57 heavy (non-hydrogen) atoms. The van der Waals surface area contributed by atoms with Gasteiger partial charge in [0.15, 0.2) is 12.1 Å². The molecule has 302 valence electrons. The van der Waals surface area contributed by atoms with E-state index in [1.807, 2.05) is 23.1 Å². The number of hydrogen-bond donors (Lipinski definition) is 3. The minimum absolute atomic E-state index is 0.0456. The molecule has 0 saturated carbocycles. The number of benzene rings is 2. The van der Waals surface area contributed by atoms with Crippen molar-refractivity contribution in [2.24, 2.45) is 11.8 Å². The van der Waals surface area contributed by atoms with Crippen LogP contribution in [0.3, 0.4) is 0 Å². The van der Waals surface area contributed by atoms with Crippen molar-refractivity contribution in [2.45, 2.75) is 63.6 Å². The van der Waals surface area contributed by atoms with Gasteiger partial charge in [-0.25, -0.2) is 4.39 Å². The van der Waals surface area contributed by atoms with Crippen molar-refractivity contribution in [1.82, 2.24) is 30.2 Å². The zero-order chi connectivity index (χ0) is 39.8. The van der Waals surface area contributed by atoms with E-state index in [4.69, 9.17) is 0 Å². The van der Waals surface area contributed by atoms with Crippen LogP contribution < -0.4 is 20.4 Å². The summed E-state index contributed by atoms with van der Waals surface area (Å²) >= 11 is 0. The van der Waals surface area contributed by atoms with E-state index in [-0.39, 0.29) is 41.3 Å². The number of carbonyl (C=O) groups excluding carboxylic acids is 4. The molecular formula is C42H52FN9O5. The van der Waals surface area contributed by atoms with E-state index in [1.165, 1.54) is 18.0 Å². The van der Waals surface area contributed by atoms with Gasteiger partial charge in [0.1, 0.15) is 17.6 Å². The number of likely N-dealkylation sites (N-methyl/N-ethyl adjacent to an activating group) is 1. The van der Waals surface area contributed by atoms with Gasteiger partial charge in [0, 0.05) is 83.0 Å². The second-order valence-corrected chi connectivity index (χ2v) is 16.5. The number of imide groups is 1. The van der Waals surface area contributed by atoms with E-state index in [0.29, 0.717) is 54.6 Å². The molecule has 3 aromatic rings. The van der Waals surface area contributed by atoms with Crippen LogP contribution in [0.2, 0.25) is 0 Å². The summed E-state index contributed by atoms with van der Waals surface area (Å²) in [5, 5.41) is 25.0. The van der Waals surface area contributed by atoms with E-state index < -0.39 is 23.7 Å². The highest BCUT2D eigenvalue weighted by atomic mass is 19.1. The first-order valence-corrected chi connectivity index (χ1v) is 20.3. The van der Waals surface area contributed by atoms with Crippen molar-refractivity contribution in [3.63, 3.8) is 0 Å². The number of aromatic hydroxyl groups is 1. The number of fused-ring (bicyclic) bond motifs is 3. The summed E-state index contributed by atoms with van der Waals surface area (Å²) in [5.74, 6) is 0.0504. The lowest BCUT2D eigenvalue weighted by Crippen LogP contribution is -2.59. The number of hydrogen-bond acceptors (Lipinski definition) is 12. The first-order valence-electron chi connectivity index (χ1n) is 20.3. The Balaban J connectivity index is 0.820. The van der Waals surface area contributed by atoms with Gasteiger partial charge in [0.25, 0.3) is 5.91 Å². The third kappa shape index (κ3) is 8.04. The number of para-hydroxylation sites is 1. The fourth-order valence-electron chi connectivity index (χ4n) is 9.63. The van der Waals surface area contributed by atoms with Crippen molar-refractivity contribution in [3.8, 4) is 17.0 Å². The number of rotatable bonds is 9. The molecule has 4 unspecified atom stereocenters. The standard InChI is InChI=1S/C42H52FN9O5/c1-26-17-28(22-49-15-16-52-30(24-49)21-44-40-37(52)20-34(46-47-40)31-5-3-4-6-38(31)54)11-14-51(26)23-27-9-12-50(13-10-27)36-19-32(29(25-53)18-33(36)43)42(57)48(2)35-7-8-39(55)45-41(35)56/h3-6,18-20,25-28,30,35,54H,7-17,21-24H2,1-2H3,(H,44,47)(H,45,55,56). The second-order valence-electron chi connectivity index (χ2n) is 16.5. The lowest BCUT2D eigenvalue weighted by Gasteiger charge is -2.47. The summed E-state index contributed by atoms with van der Waals surface area (Å²) in [6.07, 6.45) is 4.87. The van der Waals surface area contributed by atoms with Crippen LogP contribution in [0.15, 0.2) is 42.5 Å². The Morgan fingerprint density at radius 1 is 0.982 bits per heavy atom. The summed E-state index contributed by atoms with van der Waals surface area (Å²) in [4.78, 5) is 60.4. The highest BCUT2D eigenvalue weighted by molar-refractivity contribution is 6.06. The average Bonchev–Trinajstić information content (AvgIpc) is 3.21. The summed E-state index contributed by atoms with van der Waals surface area (Å²) in [6.45, 7) is 10.5. The quantitative estimate of drug-likeness (QED) is 0.215. The van der Waals surface area contributed by atoms with Crippen LogP contribution in [0, 0.1) is 17.7 Å². The predicted molar refractivity (Wildman–Crippen MR) is 214 cm³/mol. The number of phenols is 1. The van der Waals surface area contributed by atoms with Crippen LogP contribution in [0.1, 0.15) is 66.2 Å². The number of aldehydes is 1. The van der Waals surface area contributed by atoms with E-state index in [0.717, 1.165) is 89.1 Å². The number of anilines is 3. The van der Waals surface area contributed by atoms with E-state index >= 15 is 4.39 Å². The third-order valence-electron chi connectivity index (χ3n) is 12.9. The Morgan fingerprint density at radius 3 is 2.53 bits per heavy atom. The van der Waals surface area contributed by atoms with E-state index in [1.54, 1.807) is 12.1 Å². The first-order chi connectivity index (χ1) is 27.6. The molecular weight excluding hydrogens is 730 g/mol. The van der Waals surface area contributed by atoms with Crippen molar-refractivity contribution < 1.29 is 28.7 Å². The monoisotopic (exact) mass is 781 g/mol. The minimum Gasteiger partial charge on any atom is -0.507 e. The molecule has 5 aliphatic rings. The summed E-state index contributed by atoms with van der Waals surface area (Å²) in [7, 11) is 1.47. The minimum atomic E-state index is -0.848. The van der Waals surface area contributed by atoms with Crippen LogP contribution in [0.25, 0.3) is 11.3 Å². The molecule has 14 nitrogen and oxygen atoms in total. The first kappa shape index (κ1) is 38.7. The zero-order valence-corrected chi connectivity index (χ0v) is 32.7. The number of nitrogens with one attached hydrogen (secondary N) is 2. The maximum Gasteiger partial charge on any atom is 0.255 e. The number of phenolic OH excluding ortho intramolecular Hbond substituents is 1. The molecule has 0 spiro atoms. The second kappa shape index (κ2) is 16.4. The fourth-order valence-corrected chi connectivity index (χ4v) is 9.63. The molecule has 0 aliphatic carbocycles. The number of nitrogens with zero attached hydrogens (tertiary/aromatic N) is 7. The largest absolute Gasteiger partial charge is 0.507 e. The average molecular weight is 782 g/mol. The number of piperidine rings is 3. The van der Waals surface area contributed by atoms with Crippen LogP contribution >= 0.6 is 0 Å². The summed E-state index contributed by atoms with van der Waals surface area (Å²) < 4.78 is 15.4. The molecule has 1 aromatic heterocycles. The molecule has 8 rings (SSSR count). The Bertz CT molecular complexity index is 2030. The van der Waals surface area contributed by atoms with Crippen molar-refractivity contribution >= 4 is 41.2 Å². The van der Waals surface area contributed by atoms with Gasteiger partial charge in [-0.05, 0) is 87.7 Å². The lowest BCUT2D eigenvalue weighted by molar-refractivity contribution is -0.136. The molecule has 15 heteroatoms. The Hall–Kier alpha value is -5.15. The molecule has 3 amide bonds. The van der Waals surface area contributed by atoms with Gasteiger partial charge >= 0.3 is 0 Å². The van der Waals surface area contributed by atoms with Crippen LogP contribution in [0.5, 0.6) is 5.75 Å². The number of carbonyl (C=O) groups is 4. The van der Waals surface area contributed by atoms with Gasteiger partial charge in [0.2, 0.25) is 11.8 Å². The summed E-state index contributed by atoms with van der Waals surface area (Å²) in [5.41, 5.74) is 2.66. The Kier molecular flexibility index (Phi) is 11.1. The third-order valence-corrected chi connectivity index (χ3v) is 12.9. The molecule has 2 aromatic carbocycles. The van der Waals surface area contributed by atoms with Crippen LogP contribution in [-0.4, -0.2) is 138 Å². The number of likely N-dealkylation sites (tertiary alicyclic amines) is 1. The van der Waals surface area contributed by atoms with Gasteiger partial charge in [-0.2, -0.15) is 0 Å². The van der Waals surface area contributed by atoms with Gasteiger partial charge in [-0.1, -0.05) is 12.1 Å². The fraction of sp³-hybridized carbons (Fsp3) is 0.524. The Morgan fingerprint density at radius 2 is 1.77 bits per heavy atom. The molecule has 5 aliphatic heterocycles. The Labute approximate surface area is 332 Å². The van der Waals surface area contributed by atoms with Crippen LogP contribution in [0.4, 0.5) is 21.6 Å². The van der Waals surface area contributed by atoms with Crippen LogP contribution in [-0.2, 0) is 9.59 Å². The molecule has 6 heterocycles. The molecule has 4 atom stereocenters. The number of amides is 3. The lowest BCUT2D eigenvalue weighted by atomic mass is 9.88. The highest BCUT2D eigenvalue weighted by Gasteiger charge is 2.37. The molecule has 4 fully saturated rings. The molecule has 0 bridgehead atoms. The zero-order valence-electron chi connectivity index (χ0n) is 32.7. The van der Waals surface area contributed by atoms with Crippen molar-refractivity contribution in [1.29, 1.82) is 0 Å². The van der Waals surface area contributed by atoms with Gasteiger partial charge < -0.3 is 30.0 Å². The van der Waals surface area contributed by atoms with Gasteiger partial charge in [-0.15, -0.1) is 10.2 Å².